The van der Waals surface area contributed by atoms with E-state index in [1.165, 1.54) is 0 Å². The molecule has 0 rings (SSSR count). The number of hydrogen-bond acceptors (Lipinski definition) is 4. The van der Waals surface area contributed by atoms with E-state index >= 15 is 0 Å². The van der Waals surface area contributed by atoms with E-state index in [1.54, 1.807) is 0 Å². The summed E-state index contributed by atoms with van der Waals surface area (Å²) in [5, 5.41) is 0. The maximum Gasteiger partial charge on any atom is 0.0311 e. The van der Waals surface area contributed by atoms with Gasteiger partial charge in [-0.15, -0.1) is 0 Å². The zero-order valence-electron chi connectivity index (χ0n) is 2.36. The van der Waals surface area contributed by atoms with E-state index in [0.29, 0.717) is 0 Å². The summed E-state index contributed by atoms with van der Waals surface area (Å²) in [6, 6.07) is 0. The molecule has 0 unspecified atom stereocenters. The molecular formula is NiO4S-2. The molecule has 0 fully saturated rings. The number of hydrogen-bond donors (Lipinski definition) is 0. The molecule has 6 heteroatoms. The van der Waals surface area contributed by atoms with Gasteiger partial charge in [-0.3, -0.25) is 8.42 Å². The van der Waals surface area contributed by atoms with Gasteiger partial charge in [0.1, 0.15) is 0 Å². The minimum absolute atomic E-state index is 0. The van der Waals surface area contributed by atoms with Crippen molar-refractivity contribution in [2.24, 2.45) is 0 Å². The van der Waals surface area contributed by atoms with Crippen LogP contribution < -0.4 is 0 Å². The number of rotatable bonds is 0. The summed E-state index contributed by atoms with van der Waals surface area (Å²) in [5.41, 5.74) is 0. The van der Waals surface area contributed by atoms with E-state index in [1.807, 2.05) is 0 Å². The van der Waals surface area contributed by atoms with Crippen LogP contribution in [0.25, 0.3) is 0 Å². The Hall–Kier alpha value is 0.364. The Morgan fingerprint density at radius 2 is 1.17 bits per heavy atom. The van der Waals surface area contributed by atoms with Crippen molar-refractivity contribution in [1.29, 1.82) is 0 Å². The summed E-state index contributed by atoms with van der Waals surface area (Å²) >= 11 is 0. The van der Waals surface area contributed by atoms with Crippen LogP contribution >= 0.6 is 0 Å². The molecular weight excluding hydrogens is 155 g/mol. The molecule has 0 bridgehead atoms. The molecule has 0 radical (unpaired) electrons. The van der Waals surface area contributed by atoms with Crippen LogP contribution in [-0.2, 0) is 26.9 Å². The van der Waals surface area contributed by atoms with Crippen LogP contribution in [0.4, 0.5) is 0 Å². The summed E-state index contributed by atoms with van der Waals surface area (Å²) in [7, 11) is -5.17. The third-order valence-corrected chi connectivity index (χ3v) is 0. The van der Waals surface area contributed by atoms with Gasteiger partial charge in [-0.25, -0.2) is 0 Å². The Bertz CT molecular complexity index is 90.7. The maximum absolute atomic E-state index is 8.52. The van der Waals surface area contributed by atoms with Gasteiger partial charge in [0.15, 0.2) is 0 Å². The fraction of sp³-hybridized carbons (Fsp3) is 0. The fourth-order valence-electron chi connectivity index (χ4n) is 0. The van der Waals surface area contributed by atoms with Crippen molar-refractivity contribution in [2.75, 3.05) is 0 Å². The average molecular weight is 155 g/mol. The molecule has 6 heavy (non-hydrogen) atoms. The van der Waals surface area contributed by atoms with Crippen LogP contribution in [-0.4, -0.2) is 17.5 Å². The Morgan fingerprint density at radius 1 is 1.17 bits per heavy atom. The van der Waals surface area contributed by atoms with Gasteiger partial charge < -0.3 is 9.11 Å². The third kappa shape index (κ3) is 374. The summed E-state index contributed by atoms with van der Waals surface area (Å²) in [6.45, 7) is 0. The predicted molar refractivity (Wildman–Crippen MR) is 10.5 cm³/mol. The summed E-state index contributed by atoms with van der Waals surface area (Å²) < 4.78 is 34.1. The molecule has 0 saturated carbocycles. The summed E-state index contributed by atoms with van der Waals surface area (Å²) in [4.78, 5) is 0. The van der Waals surface area contributed by atoms with Gasteiger partial charge >= 0.3 is 0 Å². The van der Waals surface area contributed by atoms with Crippen molar-refractivity contribution >= 4 is 10.4 Å². The van der Waals surface area contributed by atoms with E-state index in [9.17, 15) is 0 Å². The molecule has 42 valence electrons. The van der Waals surface area contributed by atoms with E-state index in [2.05, 4.69) is 0 Å². The third-order valence-electron chi connectivity index (χ3n) is 0. The summed E-state index contributed by atoms with van der Waals surface area (Å²) in [5.74, 6) is 0. The fourth-order valence-corrected chi connectivity index (χ4v) is 0. The Morgan fingerprint density at radius 3 is 1.17 bits per heavy atom. The molecule has 0 aromatic carbocycles. The molecule has 4 nitrogen and oxygen atoms in total. The van der Waals surface area contributed by atoms with Crippen LogP contribution in [0.3, 0.4) is 0 Å². The molecule has 0 spiro atoms. The SMILES string of the molecule is O=S(=O)([O-])[O-].[Ni]. The smallest absolute Gasteiger partial charge is 0.0311 e. The quantitative estimate of drug-likeness (QED) is 0.246. The van der Waals surface area contributed by atoms with Gasteiger partial charge in [0.25, 0.3) is 0 Å². The predicted octanol–water partition coefficient (Wildman–Crippen LogP) is -1.34. The standard InChI is InChI=1S/Ni.H2O4S/c;1-5(2,3)4/h;(H2,1,2,3,4)/p-2. The molecule has 0 aromatic rings. The van der Waals surface area contributed by atoms with Crippen LogP contribution in [0.1, 0.15) is 0 Å². The van der Waals surface area contributed by atoms with Gasteiger partial charge in [0.05, 0.1) is 0 Å². The van der Waals surface area contributed by atoms with E-state index in [-0.39, 0.29) is 16.5 Å². The largest absolute Gasteiger partial charge is 0.759 e. The van der Waals surface area contributed by atoms with Crippen LogP contribution in [0, 0.1) is 0 Å². The molecule has 0 aromatic heterocycles. The second-order valence-electron chi connectivity index (χ2n) is 0.408. The van der Waals surface area contributed by atoms with E-state index < -0.39 is 10.4 Å². The molecule has 0 amide bonds. The first-order valence-electron chi connectivity index (χ1n) is 0.667. The van der Waals surface area contributed by atoms with E-state index in [4.69, 9.17) is 17.5 Å². The first kappa shape index (κ1) is 9.61. The molecule has 0 atom stereocenters. The molecule has 0 aliphatic rings. The molecule has 0 N–H and O–H groups in total. The average Bonchev–Trinajstić information content (AvgIpc) is 0.722. The van der Waals surface area contributed by atoms with Gasteiger partial charge in [-0.2, -0.15) is 0 Å². The zero-order chi connectivity index (χ0) is 4.50. The normalized spacial score (nSPS) is 9.67. The van der Waals surface area contributed by atoms with Crippen molar-refractivity contribution in [3.63, 3.8) is 0 Å². The monoisotopic (exact) mass is 154 g/mol. The minimum atomic E-state index is -5.17. The van der Waals surface area contributed by atoms with Crippen LogP contribution in [0.2, 0.25) is 0 Å². The van der Waals surface area contributed by atoms with Crippen molar-refractivity contribution in [3.05, 3.63) is 0 Å². The minimum Gasteiger partial charge on any atom is -0.759 e. The second kappa shape index (κ2) is 2.52. The second-order valence-corrected chi connectivity index (χ2v) is 1.22. The van der Waals surface area contributed by atoms with Crippen molar-refractivity contribution < 1.29 is 34.0 Å². The molecule has 0 heterocycles. The molecule has 0 aliphatic heterocycles. The summed E-state index contributed by atoms with van der Waals surface area (Å²) in [6.07, 6.45) is 0. The maximum atomic E-state index is 8.52. The Kier molecular flexibility index (Phi) is 4.04. The van der Waals surface area contributed by atoms with Gasteiger partial charge in [0.2, 0.25) is 0 Å². The van der Waals surface area contributed by atoms with Crippen LogP contribution in [0.5, 0.6) is 0 Å². The van der Waals surface area contributed by atoms with Crippen molar-refractivity contribution in [3.8, 4) is 0 Å². The Labute approximate surface area is 45.1 Å². The molecule has 0 aliphatic carbocycles. The van der Waals surface area contributed by atoms with Gasteiger partial charge in [0, 0.05) is 26.9 Å². The topological polar surface area (TPSA) is 80.3 Å². The van der Waals surface area contributed by atoms with Crippen molar-refractivity contribution in [2.45, 2.75) is 0 Å². The first-order valence-corrected chi connectivity index (χ1v) is 2.00. The zero-order valence-corrected chi connectivity index (χ0v) is 4.16. The van der Waals surface area contributed by atoms with Gasteiger partial charge in [-0.1, -0.05) is 0 Å². The van der Waals surface area contributed by atoms with Gasteiger partial charge in [-0.05, 0) is 0 Å². The van der Waals surface area contributed by atoms with Crippen LogP contribution in [0.15, 0.2) is 0 Å². The molecule has 0 saturated heterocycles. The Balaban J connectivity index is 0. The van der Waals surface area contributed by atoms with E-state index in [0.717, 1.165) is 0 Å². The van der Waals surface area contributed by atoms with Crippen molar-refractivity contribution in [1.82, 2.24) is 0 Å². The first-order chi connectivity index (χ1) is 2.00.